The first-order valence-corrected chi connectivity index (χ1v) is 12.2. The Kier molecular flexibility index (Phi) is 6.68. The number of hydrogen-bond acceptors (Lipinski definition) is 2. The Balaban J connectivity index is 2.16. The highest BCUT2D eigenvalue weighted by atomic mass is 32.1. The van der Waals surface area contributed by atoms with E-state index in [-0.39, 0.29) is 16.2 Å². The molecule has 0 saturated carbocycles. The molecule has 0 aromatic heterocycles. The third kappa shape index (κ3) is 4.80. The lowest BCUT2D eigenvalue weighted by Crippen LogP contribution is -2.34. The number of thiocarbonyl (C=S) groups is 1. The van der Waals surface area contributed by atoms with Gasteiger partial charge in [0.05, 0.1) is 5.69 Å². The van der Waals surface area contributed by atoms with Crippen molar-refractivity contribution in [3.8, 4) is 11.5 Å². The molecular weight excluding hydrogens is 412 g/mol. The molecule has 3 rings (SSSR count). The molecule has 2 aromatic carbocycles. The quantitative estimate of drug-likeness (QED) is 0.366. The summed E-state index contributed by atoms with van der Waals surface area (Å²) < 4.78 is 6.47. The van der Waals surface area contributed by atoms with Crippen LogP contribution in [0.4, 0.5) is 5.69 Å². The second-order valence-corrected chi connectivity index (χ2v) is 11.9. The van der Waals surface area contributed by atoms with Gasteiger partial charge in [0.15, 0.2) is 5.11 Å². The number of hydrogen-bond donors (Lipinski definition) is 2. The van der Waals surface area contributed by atoms with Crippen molar-refractivity contribution in [2.24, 2.45) is 0 Å². The maximum absolute atomic E-state index is 6.47. The van der Waals surface area contributed by atoms with E-state index in [1.807, 2.05) is 0 Å². The average Bonchev–Trinajstić information content (AvgIpc) is 2.66. The zero-order valence-corrected chi connectivity index (χ0v) is 22.1. The predicted octanol–water partition coefficient (Wildman–Crippen LogP) is 7.80. The van der Waals surface area contributed by atoms with Crippen molar-refractivity contribution < 1.29 is 4.74 Å². The molecule has 1 aliphatic heterocycles. The Hall–Kier alpha value is -2.07. The Bertz CT molecular complexity index is 1010. The van der Waals surface area contributed by atoms with E-state index < -0.39 is 0 Å². The highest BCUT2D eigenvalue weighted by Crippen LogP contribution is 2.53. The van der Waals surface area contributed by atoms with Gasteiger partial charge in [0, 0.05) is 23.1 Å². The van der Waals surface area contributed by atoms with Crippen molar-refractivity contribution in [2.45, 2.75) is 91.4 Å². The molecule has 0 radical (unpaired) electrons. The van der Waals surface area contributed by atoms with Crippen molar-refractivity contribution in [1.29, 1.82) is 0 Å². The van der Waals surface area contributed by atoms with Crippen LogP contribution in [0.1, 0.15) is 97.4 Å². The number of unbranched alkanes of at least 4 members (excludes halogenated alkanes) is 1. The van der Waals surface area contributed by atoms with Crippen molar-refractivity contribution in [2.75, 3.05) is 11.9 Å². The summed E-state index contributed by atoms with van der Waals surface area (Å²) in [5.41, 5.74) is 5.80. The Labute approximate surface area is 200 Å². The maximum atomic E-state index is 6.47. The SMILES string of the molecule is CCCCNC(=S)Nc1c(C(C)(C)C)ccc2c1C(C)(C)c1cc(C(C)(C)C)ccc1O2. The fourth-order valence-corrected chi connectivity index (χ4v) is 4.61. The lowest BCUT2D eigenvalue weighted by Gasteiger charge is -2.39. The monoisotopic (exact) mass is 452 g/mol. The first kappa shape index (κ1) is 24.6. The van der Waals surface area contributed by atoms with Crippen molar-refractivity contribution in [3.05, 3.63) is 52.6 Å². The molecule has 174 valence electrons. The Morgan fingerprint density at radius 2 is 1.62 bits per heavy atom. The number of rotatable bonds is 4. The summed E-state index contributed by atoms with van der Waals surface area (Å²) in [6.45, 7) is 21.2. The van der Waals surface area contributed by atoms with E-state index >= 15 is 0 Å². The van der Waals surface area contributed by atoms with Gasteiger partial charge in [0.2, 0.25) is 0 Å². The molecule has 2 aromatic rings. The van der Waals surface area contributed by atoms with E-state index in [0.29, 0.717) is 5.11 Å². The fourth-order valence-electron chi connectivity index (χ4n) is 4.41. The van der Waals surface area contributed by atoms with Gasteiger partial charge in [-0.3, -0.25) is 0 Å². The highest BCUT2D eigenvalue weighted by molar-refractivity contribution is 7.80. The minimum atomic E-state index is -0.243. The van der Waals surface area contributed by atoms with Crippen molar-refractivity contribution in [1.82, 2.24) is 5.32 Å². The largest absolute Gasteiger partial charge is 0.457 e. The Morgan fingerprint density at radius 3 is 2.22 bits per heavy atom. The normalized spacial score (nSPS) is 14.8. The summed E-state index contributed by atoms with van der Waals surface area (Å²) in [7, 11) is 0. The van der Waals surface area contributed by atoms with Crippen molar-refractivity contribution in [3.63, 3.8) is 0 Å². The van der Waals surface area contributed by atoms with Gasteiger partial charge >= 0.3 is 0 Å². The first-order chi connectivity index (χ1) is 14.8. The molecule has 0 bridgehead atoms. The van der Waals surface area contributed by atoms with E-state index in [4.69, 9.17) is 17.0 Å². The molecular formula is C28H40N2OS. The van der Waals surface area contributed by atoms with Crippen LogP contribution in [0.3, 0.4) is 0 Å². The molecule has 32 heavy (non-hydrogen) atoms. The first-order valence-electron chi connectivity index (χ1n) is 11.8. The second kappa shape index (κ2) is 8.70. The van der Waals surface area contributed by atoms with E-state index in [1.54, 1.807) is 0 Å². The van der Waals surface area contributed by atoms with Gasteiger partial charge in [0.1, 0.15) is 11.5 Å². The van der Waals surface area contributed by atoms with Gasteiger partial charge in [-0.25, -0.2) is 0 Å². The molecule has 1 aliphatic rings. The van der Waals surface area contributed by atoms with E-state index in [1.165, 1.54) is 22.3 Å². The lowest BCUT2D eigenvalue weighted by molar-refractivity contribution is 0.416. The zero-order valence-electron chi connectivity index (χ0n) is 21.3. The van der Waals surface area contributed by atoms with Crippen LogP contribution >= 0.6 is 12.2 Å². The van der Waals surface area contributed by atoms with Gasteiger partial charge in [0.25, 0.3) is 0 Å². The summed E-state index contributed by atoms with van der Waals surface area (Å²) in [5, 5.41) is 7.62. The van der Waals surface area contributed by atoms with Crippen LogP contribution in [0.25, 0.3) is 0 Å². The molecule has 0 aliphatic carbocycles. The second-order valence-electron chi connectivity index (χ2n) is 11.5. The topological polar surface area (TPSA) is 33.3 Å². The van der Waals surface area contributed by atoms with Crippen LogP contribution < -0.4 is 15.4 Å². The van der Waals surface area contributed by atoms with Crippen LogP contribution in [0.15, 0.2) is 30.3 Å². The van der Waals surface area contributed by atoms with Gasteiger partial charge < -0.3 is 15.4 Å². The van der Waals surface area contributed by atoms with E-state index in [9.17, 15) is 0 Å². The minimum Gasteiger partial charge on any atom is -0.457 e. The minimum absolute atomic E-state index is 0.0417. The summed E-state index contributed by atoms with van der Waals surface area (Å²) >= 11 is 5.70. The number of fused-ring (bicyclic) bond motifs is 2. The molecule has 3 nitrogen and oxygen atoms in total. The fraction of sp³-hybridized carbons (Fsp3) is 0.536. The number of benzene rings is 2. The van der Waals surface area contributed by atoms with Crippen LogP contribution in [-0.2, 0) is 16.2 Å². The standard InChI is InChI=1S/C28H40N2OS/c1-10-11-16-29-25(32)30-24-19(27(5,6)7)13-15-22-23(24)28(8,9)20-17-18(26(2,3)4)12-14-21(20)31-22/h12-15,17H,10-11,16H2,1-9H3,(H2,29,30,32). The highest BCUT2D eigenvalue weighted by Gasteiger charge is 2.39. The molecule has 0 spiro atoms. The number of ether oxygens (including phenoxy) is 1. The van der Waals surface area contributed by atoms with E-state index in [2.05, 4.69) is 103 Å². The van der Waals surface area contributed by atoms with Gasteiger partial charge in [-0.2, -0.15) is 0 Å². The summed E-state index contributed by atoms with van der Waals surface area (Å²) in [5.74, 6) is 1.84. The van der Waals surface area contributed by atoms with Gasteiger partial charge in [-0.05, 0) is 52.7 Å². The third-order valence-electron chi connectivity index (χ3n) is 6.39. The molecule has 0 saturated heterocycles. The molecule has 0 fully saturated rings. The smallest absolute Gasteiger partial charge is 0.170 e. The van der Waals surface area contributed by atoms with Crippen LogP contribution in [0.2, 0.25) is 0 Å². The lowest BCUT2D eigenvalue weighted by atomic mass is 9.71. The Morgan fingerprint density at radius 1 is 0.969 bits per heavy atom. The zero-order chi connectivity index (χ0) is 23.9. The number of nitrogens with one attached hydrogen (secondary N) is 2. The van der Waals surface area contributed by atoms with E-state index in [0.717, 1.165) is 36.6 Å². The molecule has 0 atom stereocenters. The van der Waals surface area contributed by atoms with Crippen molar-refractivity contribution >= 4 is 23.0 Å². The molecule has 2 N–H and O–H groups in total. The molecule has 0 unspecified atom stereocenters. The number of anilines is 1. The van der Waals surface area contributed by atoms with Crippen LogP contribution in [0, 0.1) is 0 Å². The van der Waals surface area contributed by atoms with Gasteiger partial charge in [-0.1, -0.05) is 86.9 Å². The average molecular weight is 453 g/mol. The predicted molar refractivity (Wildman–Crippen MR) is 142 cm³/mol. The molecule has 1 heterocycles. The van der Waals surface area contributed by atoms with Gasteiger partial charge in [-0.15, -0.1) is 0 Å². The summed E-state index contributed by atoms with van der Waals surface area (Å²) in [6, 6.07) is 10.9. The summed E-state index contributed by atoms with van der Waals surface area (Å²) in [4.78, 5) is 0. The molecule has 0 amide bonds. The third-order valence-corrected chi connectivity index (χ3v) is 6.64. The summed E-state index contributed by atoms with van der Waals surface area (Å²) in [6.07, 6.45) is 2.23. The van der Waals surface area contributed by atoms with Crippen LogP contribution in [0.5, 0.6) is 11.5 Å². The van der Waals surface area contributed by atoms with Crippen LogP contribution in [-0.4, -0.2) is 11.7 Å². The molecule has 4 heteroatoms. The maximum Gasteiger partial charge on any atom is 0.170 e.